The van der Waals surface area contributed by atoms with Crippen molar-refractivity contribution in [3.05, 3.63) is 29.8 Å². The minimum atomic E-state index is -3.46. The molecule has 27 heavy (non-hydrogen) atoms. The molecule has 0 radical (unpaired) electrons. The maximum Gasteiger partial charge on any atom is 0.308 e. The van der Waals surface area contributed by atoms with E-state index in [0.29, 0.717) is 25.8 Å². The van der Waals surface area contributed by atoms with E-state index in [-0.39, 0.29) is 29.3 Å². The molecule has 0 aromatic heterocycles. The topological polar surface area (TPSA) is 104 Å². The Labute approximate surface area is 159 Å². The molecule has 0 spiro atoms. The second-order valence-corrected chi connectivity index (χ2v) is 9.17. The second kappa shape index (κ2) is 7.98. The molecule has 8 heteroatoms. The minimum Gasteiger partial charge on any atom is -0.481 e. The lowest BCUT2D eigenvalue weighted by Gasteiger charge is -2.37. The number of carbonyl (C=O) groups excluding carboxylic acids is 1. The Morgan fingerprint density at radius 2 is 1.85 bits per heavy atom. The van der Waals surface area contributed by atoms with Crippen molar-refractivity contribution in [2.24, 2.45) is 5.92 Å². The van der Waals surface area contributed by atoms with Crippen LogP contribution in [0.2, 0.25) is 0 Å². The Hall–Kier alpha value is -1.93. The molecule has 2 fully saturated rings. The lowest BCUT2D eigenvalue weighted by Crippen LogP contribution is -2.49. The van der Waals surface area contributed by atoms with Crippen molar-refractivity contribution in [1.82, 2.24) is 9.62 Å². The number of carboxylic acids is 1. The number of hydrogen-bond acceptors (Lipinski definition) is 4. The van der Waals surface area contributed by atoms with E-state index in [0.717, 1.165) is 18.4 Å². The van der Waals surface area contributed by atoms with E-state index < -0.39 is 21.9 Å². The summed E-state index contributed by atoms with van der Waals surface area (Å²) in [5.74, 6) is -1.41. The maximum absolute atomic E-state index is 12.5. The van der Waals surface area contributed by atoms with Gasteiger partial charge in [0, 0.05) is 25.0 Å². The average molecular weight is 394 g/mol. The molecule has 1 aliphatic carbocycles. The summed E-state index contributed by atoms with van der Waals surface area (Å²) in [6.45, 7) is 2.39. The fourth-order valence-electron chi connectivity index (χ4n) is 3.54. The number of likely N-dealkylation sites (tertiary alicyclic amines) is 1. The summed E-state index contributed by atoms with van der Waals surface area (Å²) in [5, 5.41) is 9.27. The molecule has 1 amide bonds. The molecule has 3 rings (SSSR count). The Bertz CT molecular complexity index is 802. The van der Waals surface area contributed by atoms with Gasteiger partial charge in [0.05, 0.1) is 10.8 Å². The van der Waals surface area contributed by atoms with Crippen molar-refractivity contribution in [3.63, 3.8) is 0 Å². The van der Waals surface area contributed by atoms with Gasteiger partial charge >= 0.3 is 5.97 Å². The first-order valence-corrected chi connectivity index (χ1v) is 10.9. The van der Waals surface area contributed by atoms with Crippen LogP contribution < -0.4 is 4.72 Å². The zero-order valence-electron chi connectivity index (χ0n) is 15.4. The van der Waals surface area contributed by atoms with Crippen LogP contribution in [0.1, 0.15) is 44.6 Å². The van der Waals surface area contributed by atoms with Gasteiger partial charge in [0.2, 0.25) is 15.9 Å². The van der Waals surface area contributed by atoms with Crippen LogP contribution in [0.5, 0.6) is 0 Å². The fraction of sp³-hybridized carbons (Fsp3) is 0.579. The smallest absolute Gasteiger partial charge is 0.308 e. The number of nitrogens with one attached hydrogen (secondary N) is 1. The van der Waals surface area contributed by atoms with Crippen LogP contribution in [0.25, 0.3) is 0 Å². The molecular formula is C19H26N2O5S. The number of aliphatic carboxylic acids is 1. The average Bonchev–Trinajstić information content (AvgIpc) is 3.43. The number of piperidine rings is 1. The molecule has 1 heterocycles. The van der Waals surface area contributed by atoms with Gasteiger partial charge in [-0.3, -0.25) is 9.59 Å². The maximum atomic E-state index is 12.5. The monoisotopic (exact) mass is 394 g/mol. The number of sulfonamides is 1. The molecule has 1 aromatic rings. The first kappa shape index (κ1) is 19.8. The zero-order valence-corrected chi connectivity index (χ0v) is 16.2. The van der Waals surface area contributed by atoms with Crippen LogP contribution in [-0.4, -0.2) is 48.9 Å². The van der Waals surface area contributed by atoms with E-state index in [1.165, 1.54) is 0 Å². The van der Waals surface area contributed by atoms with Gasteiger partial charge < -0.3 is 10.0 Å². The molecule has 0 bridgehead atoms. The summed E-state index contributed by atoms with van der Waals surface area (Å²) < 4.78 is 27.0. The highest BCUT2D eigenvalue weighted by Gasteiger charge is 2.35. The van der Waals surface area contributed by atoms with E-state index in [1.807, 2.05) is 0 Å². The first-order valence-electron chi connectivity index (χ1n) is 9.41. The van der Waals surface area contributed by atoms with Gasteiger partial charge in [-0.05, 0) is 56.7 Å². The van der Waals surface area contributed by atoms with Gasteiger partial charge in [0.25, 0.3) is 0 Å². The highest BCUT2D eigenvalue weighted by Crippen LogP contribution is 2.25. The van der Waals surface area contributed by atoms with E-state index in [1.54, 1.807) is 36.1 Å². The number of hydrogen-bond donors (Lipinski definition) is 2. The standard InChI is InChI=1S/C19H26N2O5S/c1-13-17(19(23)24)3-2-12-21(13)18(22)11-6-14-4-9-16(10-5-14)27(25,26)20-15-7-8-15/h4-5,9-10,13,15,17,20H,2-3,6-8,11-12H2,1H3,(H,23,24)/t13-,17-/m1/s1. The molecule has 1 saturated heterocycles. The van der Waals surface area contributed by atoms with Gasteiger partial charge in [0.1, 0.15) is 0 Å². The Balaban J connectivity index is 1.56. The SMILES string of the molecule is C[C@@H]1[C@H](C(=O)O)CCCN1C(=O)CCc1ccc(S(=O)(=O)NC2CC2)cc1. The molecule has 2 aliphatic rings. The molecule has 2 atom stereocenters. The first-order chi connectivity index (χ1) is 12.8. The zero-order chi connectivity index (χ0) is 19.6. The predicted molar refractivity (Wildman–Crippen MR) is 99.6 cm³/mol. The summed E-state index contributed by atoms with van der Waals surface area (Å²) in [4.78, 5) is 25.7. The number of aryl methyl sites for hydroxylation is 1. The summed E-state index contributed by atoms with van der Waals surface area (Å²) in [6, 6.07) is 6.35. The van der Waals surface area contributed by atoms with Gasteiger partial charge in [-0.1, -0.05) is 12.1 Å². The lowest BCUT2D eigenvalue weighted by molar-refractivity contribution is -0.149. The Kier molecular flexibility index (Phi) is 5.86. The molecular weight excluding hydrogens is 368 g/mol. The molecule has 2 N–H and O–H groups in total. The Morgan fingerprint density at radius 3 is 2.44 bits per heavy atom. The van der Waals surface area contributed by atoms with E-state index >= 15 is 0 Å². The largest absolute Gasteiger partial charge is 0.481 e. The number of nitrogens with zero attached hydrogens (tertiary/aromatic N) is 1. The van der Waals surface area contributed by atoms with Crippen molar-refractivity contribution in [1.29, 1.82) is 0 Å². The second-order valence-electron chi connectivity index (χ2n) is 7.45. The number of amides is 1. The summed E-state index contributed by atoms with van der Waals surface area (Å²) >= 11 is 0. The molecule has 148 valence electrons. The normalized spacial score (nSPS) is 23.2. The quantitative estimate of drug-likeness (QED) is 0.734. The molecule has 1 aromatic carbocycles. The van der Waals surface area contributed by atoms with Crippen LogP contribution >= 0.6 is 0 Å². The van der Waals surface area contributed by atoms with Crippen LogP contribution in [0.3, 0.4) is 0 Å². The molecule has 7 nitrogen and oxygen atoms in total. The van der Waals surface area contributed by atoms with Crippen LogP contribution in [0.4, 0.5) is 0 Å². The Morgan fingerprint density at radius 1 is 1.19 bits per heavy atom. The number of carbonyl (C=O) groups is 2. The van der Waals surface area contributed by atoms with Gasteiger partial charge in [0.15, 0.2) is 0 Å². The molecule has 1 aliphatic heterocycles. The van der Waals surface area contributed by atoms with E-state index in [4.69, 9.17) is 0 Å². The van der Waals surface area contributed by atoms with Crippen molar-refractivity contribution in [3.8, 4) is 0 Å². The van der Waals surface area contributed by atoms with Crippen LogP contribution in [0, 0.1) is 5.92 Å². The third-order valence-electron chi connectivity index (χ3n) is 5.39. The summed E-state index contributed by atoms with van der Waals surface area (Å²) in [7, 11) is -3.46. The van der Waals surface area contributed by atoms with Crippen LogP contribution in [0.15, 0.2) is 29.2 Å². The highest BCUT2D eigenvalue weighted by atomic mass is 32.2. The van der Waals surface area contributed by atoms with E-state index in [9.17, 15) is 23.1 Å². The van der Waals surface area contributed by atoms with Gasteiger partial charge in [-0.25, -0.2) is 13.1 Å². The summed E-state index contributed by atoms with van der Waals surface area (Å²) in [6.07, 6.45) is 3.85. The van der Waals surface area contributed by atoms with Crippen molar-refractivity contribution in [2.45, 2.75) is 62.4 Å². The van der Waals surface area contributed by atoms with Crippen molar-refractivity contribution < 1.29 is 23.1 Å². The predicted octanol–water partition coefficient (Wildman–Crippen LogP) is 1.77. The third-order valence-corrected chi connectivity index (χ3v) is 6.92. The summed E-state index contributed by atoms with van der Waals surface area (Å²) in [5.41, 5.74) is 0.883. The van der Waals surface area contributed by atoms with Gasteiger partial charge in [-0.15, -0.1) is 0 Å². The minimum absolute atomic E-state index is 0.0550. The van der Waals surface area contributed by atoms with Crippen molar-refractivity contribution in [2.75, 3.05) is 6.54 Å². The number of carboxylic acid groups (broad SMARTS) is 1. The third kappa shape index (κ3) is 4.87. The highest BCUT2D eigenvalue weighted by molar-refractivity contribution is 7.89. The lowest BCUT2D eigenvalue weighted by atomic mass is 9.90. The number of benzene rings is 1. The number of rotatable bonds is 7. The van der Waals surface area contributed by atoms with E-state index in [2.05, 4.69) is 4.72 Å². The fourth-order valence-corrected chi connectivity index (χ4v) is 4.85. The van der Waals surface area contributed by atoms with Crippen LogP contribution in [-0.2, 0) is 26.0 Å². The molecule has 0 unspecified atom stereocenters. The van der Waals surface area contributed by atoms with Crippen molar-refractivity contribution >= 4 is 21.9 Å². The van der Waals surface area contributed by atoms with Gasteiger partial charge in [-0.2, -0.15) is 0 Å². The molecule has 1 saturated carbocycles.